The molecule has 2 N–H and O–H groups in total. The molecule has 0 radical (unpaired) electrons. The van der Waals surface area contributed by atoms with E-state index in [1.807, 2.05) is 6.92 Å². The third-order valence-electron chi connectivity index (χ3n) is 2.56. The largest absolute Gasteiger partial charge is 0.506 e. The summed E-state index contributed by atoms with van der Waals surface area (Å²) in [4.78, 5) is 0. The lowest BCUT2D eigenvalue weighted by atomic mass is 9.99. The molecule has 0 aromatic heterocycles. The number of hydrogen-bond donors (Lipinski definition) is 2. The van der Waals surface area contributed by atoms with Crippen molar-refractivity contribution >= 4 is 15.9 Å². The number of halogens is 1. The van der Waals surface area contributed by atoms with E-state index in [1.54, 1.807) is 6.07 Å². The fourth-order valence-electron chi connectivity index (χ4n) is 1.72. The number of benzene rings is 1. The highest BCUT2D eigenvalue weighted by Gasteiger charge is 2.25. The summed E-state index contributed by atoms with van der Waals surface area (Å²) in [7, 11) is 0. The zero-order valence-corrected chi connectivity index (χ0v) is 10.5. The number of phenols is 1. The molecule has 0 amide bonds. The molecule has 5 heteroatoms. The first-order chi connectivity index (χ1) is 7.65. The van der Waals surface area contributed by atoms with Gasteiger partial charge < -0.3 is 19.7 Å². The molecule has 16 heavy (non-hydrogen) atoms. The molecule has 1 aromatic carbocycles. The molecule has 0 bridgehead atoms. The van der Waals surface area contributed by atoms with Gasteiger partial charge in [0.15, 0.2) is 11.5 Å². The highest BCUT2D eigenvalue weighted by Crippen LogP contribution is 2.46. The standard InChI is InChI=1S/C11H13BrO4/c1-6(5-13)9-10(14)7(12)4-8-11(9)16-3-2-15-8/h4,6,13-14H,2-3,5H2,1H3. The summed E-state index contributed by atoms with van der Waals surface area (Å²) in [6.45, 7) is 2.72. The fourth-order valence-corrected chi connectivity index (χ4v) is 2.14. The van der Waals surface area contributed by atoms with Gasteiger partial charge in [0, 0.05) is 24.2 Å². The van der Waals surface area contributed by atoms with Crippen LogP contribution in [-0.2, 0) is 0 Å². The molecule has 0 saturated heterocycles. The van der Waals surface area contributed by atoms with Crippen molar-refractivity contribution in [3.05, 3.63) is 16.1 Å². The van der Waals surface area contributed by atoms with E-state index in [-0.39, 0.29) is 18.3 Å². The molecule has 2 rings (SSSR count). The quantitative estimate of drug-likeness (QED) is 0.874. The fraction of sp³-hybridized carbons (Fsp3) is 0.455. The molecule has 4 nitrogen and oxygen atoms in total. The van der Waals surface area contributed by atoms with Crippen LogP contribution in [0.5, 0.6) is 17.2 Å². The van der Waals surface area contributed by atoms with Gasteiger partial charge in [-0.25, -0.2) is 0 Å². The summed E-state index contributed by atoms with van der Waals surface area (Å²) < 4.78 is 11.5. The third kappa shape index (κ3) is 1.85. The highest BCUT2D eigenvalue weighted by molar-refractivity contribution is 9.10. The molecule has 1 heterocycles. The smallest absolute Gasteiger partial charge is 0.168 e. The Bertz CT molecular complexity index is 405. The van der Waals surface area contributed by atoms with Crippen LogP contribution in [-0.4, -0.2) is 30.0 Å². The van der Waals surface area contributed by atoms with Crippen molar-refractivity contribution in [3.8, 4) is 17.2 Å². The van der Waals surface area contributed by atoms with E-state index in [0.717, 1.165) is 0 Å². The Hall–Kier alpha value is -0.940. The molecule has 88 valence electrons. The topological polar surface area (TPSA) is 58.9 Å². The number of rotatable bonds is 2. The lowest BCUT2D eigenvalue weighted by molar-refractivity contribution is 0.166. The minimum atomic E-state index is -0.201. The second-order valence-corrected chi connectivity index (χ2v) is 4.58. The molecule has 0 aliphatic carbocycles. The Morgan fingerprint density at radius 3 is 2.81 bits per heavy atom. The number of ether oxygens (including phenoxy) is 2. The minimum Gasteiger partial charge on any atom is -0.506 e. The maximum Gasteiger partial charge on any atom is 0.168 e. The van der Waals surface area contributed by atoms with Gasteiger partial charge in [-0.3, -0.25) is 0 Å². The van der Waals surface area contributed by atoms with Crippen LogP contribution in [0.2, 0.25) is 0 Å². The molecule has 0 fully saturated rings. The van der Waals surface area contributed by atoms with Crippen LogP contribution in [0, 0.1) is 0 Å². The van der Waals surface area contributed by atoms with Crippen LogP contribution < -0.4 is 9.47 Å². The van der Waals surface area contributed by atoms with E-state index in [0.29, 0.717) is 34.7 Å². The molecule has 1 unspecified atom stereocenters. The van der Waals surface area contributed by atoms with Gasteiger partial charge in [0.05, 0.1) is 4.47 Å². The van der Waals surface area contributed by atoms with E-state index in [1.165, 1.54) is 0 Å². The first kappa shape index (κ1) is 11.5. The van der Waals surface area contributed by atoms with Gasteiger partial charge in [-0.15, -0.1) is 0 Å². The van der Waals surface area contributed by atoms with E-state index >= 15 is 0 Å². The minimum absolute atomic E-state index is 0.0557. The van der Waals surface area contributed by atoms with Gasteiger partial charge in [0.1, 0.15) is 19.0 Å². The van der Waals surface area contributed by atoms with E-state index in [4.69, 9.17) is 9.47 Å². The number of aliphatic hydroxyl groups excluding tert-OH is 1. The van der Waals surface area contributed by atoms with Crippen molar-refractivity contribution < 1.29 is 19.7 Å². The molecule has 0 saturated carbocycles. The maximum atomic E-state index is 9.96. The number of phenolic OH excluding ortho intramolecular Hbond substituents is 1. The predicted molar refractivity (Wildman–Crippen MR) is 62.3 cm³/mol. The average molecular weight is 289 g/mol. The zero-order valence-electron chi connectivity index (χ0n) is 8.86. The van der Waals surface area contributed by atoms with Gasteiger partial charge in [-0.05, 0) is 15.9 Å². The van der Waals surface area contributed by atoms with E-state index < -0.39 is 0 Å². The molecule has 1 aliphatic rings. The summed E-state index contributed by atoms with van der Waals surface area (Å²) in [6.07, 6.45) is 0. The van der Waals surface area contributed by atoms with Crippen molar-refractivity contribution in [3.63, 3.8) is 0 Å². The van der Waals surface area contributed by atoms with Crippen LogP contribution in [0.15, 0.2) is 10.5 Å². The van der Waals surface area contributed by atoms with Crippen LogP contribution in [0.1, 0.15) is 18.4 Å². The van der Waals surface area contributed by atoms with Crippen molar-refractivity contribution in [1.29, 1.82) is 0 Å². The molecule has 1 atom stereocenters. The van der Waals surface area contributed by atoms with Crippen LogP contribution in [0.25, 0.3) is 0 Å². The van der Waals surface area contributed by atoms with Gasteiger partial charge >= 0.3 is 0 Å². The maximum absolute atomic E-state index is 9.96. The Balaban J connectivity index is 2.59. The lowest BCUT2D eigenvalue weighted by Gasteiger charge is -2.24. The number of hydrogen-bond acceptors (Lipinski definition) is 4. The summed E-state index contributed by atoms with van der Waals surface area (Å²) in [5.41, 5.74) is 0.589. The van der Waals surface area contributed by atoms with Crippen molar-refractivity contribution in [2.45, 2.75) is 12.8 Å². The van der Waals surface area contributed by atoms with Gasteiger partial charge in [0.2, 0.25) is 0 Å². The Morgan fingerprint density at radius 2 is 2.12 bits per heavy atom. The SMILES string of the molecule is CC(CO)c1c(O)c(Br)cc2c1OCCO2. The third-order valence-corrected chi connectivity index (χ3v) is 3.17. The first-order valence-corrected chi connectivity index (χ1v) is 5.86. The van der Waals surface area contributed by atoms with Crippen molar-refractivity contribution in [2.75, 3.05) is 19.8 Å². The second-order valence-electron chi connectivity index (χ2n) is 3.73. The number of fused-ring (bicyclic) bond motifs is 1. The predicted octanol–water partition coefficient (Wildman–Crippen LogP) is 2.02. The molecule has 0 spiro atoms. The van der Waals surface area contributed by atoms with Crippen LogP contribution in [0.3, 0.4) is 0 Å². The monoisotopic (exact) mass is 288 g/mol. The Labute approximate surface area is 102 Å². The number of aromatic hydroxyl groups is 1. The van der Waals surface area contributed by atoms with Crippen molar-refractivity contribution in [1.82, 2.24) is 0 Å². The van der Waals surface area contributed by atoms with Gasteiger partial charge in [-0.2, -0.15) is 0 Å². The van der Waals surface area contributed by atoms with Gasteiger partial charge in [-0.1, -0.05) is 6.92 Å². The number of aliphatic hydroxyl groups is 1. The normalized spacial score (nSPS) is 15.9. The lowest BCUT2D eigenvalue weighted by Crippen LogP contribution is -2.17. The first-order valence-electron chi connectivity index (χ1n) is 5.07. The summed E-state index contributed by atoms with van der Waals surface area (Å²) in [6, 6.07) is 1.68. The summed E-state index contributed by atoms with van der Waals surface area (Å²) in [5, 5.41) is 19.1. The summed E-state index contributed by atoms with van der Waals surface area (Å²) in [5.74, 6) is 1.04. The molecular formula is C11H13BrO4. The van der Waals surface area contributed by atoms with E-state index in [2.05, 4.69) is 15.9 Å². The highest BCUT2D eigenvalue weighted by atomic mass is 79.9. The van der Waals surface area contributed by atoms with Crippen LogP contribution in [0.4, 0.5) is 0 Å². The van der Waals surface area contributed by atoms with Crippen molar-refractivity contribution in [2.24, 2.45) is 0 Å². The zero-order chi connectivity index (χ0) is 11.7. The summed E-state index contributed by atoms with van der Waals surface area (Å²) >= 11 is 3.26. The molecule has 1 aromatic rings. The van der Waals surface area contributed by atoms with Crippen LogP contribution >= 0.6 is 15.9 Å². The van der Waals surface area contributed by atoms with Gasteiger partial charge in [0.25, 0.3) is 0 Å². The van der Waals surface area contributed by atoms with E-state index in [9.17, 15) is 10.2 Å². The Morgan fingerprint density at radius 1 is 1.44 bits per heavy atom. The molecule has 1 aliphatic heterocycles. The average Bonchev–Trinajstić information content (AvgIpc) is 2.30. The Kier molecular flexibility index (Phi) is 3.25. The molecular weight excluding hydrogens is 276 g/mol. The second kappa shape index (κ2) is 4.51.